The Morgan fingerprint density at radius 2 is 1.62 bits per heavy atom. The van der Waals surface area contributed by atoms with Crippen molar-refractivity contribution in [3.05, 3.63) is 114 Å². The van der Waals surface area contributed by atoms with Gasteiger partial charge in [0.25, 0.3) is 11.8 Å². The molecule has 0 radical (unpaired) electrons. The lowest BCUT2D eigenvalue weighted by Crippen LogP contribution is -2.59. The number of amides is 7. The zero-order chi connectivity index (χ0) is 64.6. The van der Waals surface area contributed by atoms with Gasteiger partial charge < -0.3 is 60.5 Å². The van der Waals surface area contributed by atoms with Gasteiger partial charge in [-0.25, -0.2) is 19.3 Å². The molecule has 486 valence electrons. The highest BCUT2D eigenvalue weighted by Crippen LogP contribution is 2.51. The van der Waals surface area contributed by atoms with Crippen molar-refractivity contribution in [1.29, 1.82) is 0 Å². The third-order valence-electron chi connectivity index (χ3n) is 16.0. The summed E-state index contributed by atoms with van der Waals surface area (Å²) in [6.07, 6.45) is 10.4. The van der Waals surface area contributed by atoms with Gasteiger partial charge in [0.05, 0.1) is 64.0 Å². The van der Waals surface area contributed by atoms with Crippen molar-refractivity contribution in [2.75, 3.05) is 65.0 Å². The predicted molar refractivity (Wildman–Crippen MR) is 332 cm³/mol. The van der Waals surface area contributed by atoms with E-state index in [9.17, 15) is 33.6 Å². The van der Waals surface area contributed by atoms with Crippen molar-refractivity contribution >= 4 is 47.2 Å². The van der Waals surface area contributed by atoms with Crippen LogP contribution in [-0.4, -0.2) is 169 Å². The number of nitrogens with two attached hydrogens (primary N) is 1. The number of aromatic nitrogens is 8. The molecule has 4 aromatic heterocycles. The average molecular weight is 1250 g/mol. The maximum absolute atomic E-state index is 14.1. The van der Waals surface area contributed by atoms with E-state index in [4.69, 9.17) is 29.4 Å². The number of methoxy groups -OCH3 is 1. The van der Waals surface area contributed by atoms with Gasteiger partial charge >= 0.3 is 12.0 Å². The number of aromatic amines is 1. The van der Waals surface area contributed by atoms with Crippen molar-refractivity contribution in [1.82, 2.24) is 65.7 Å². The van der Waals surface area contributed by atoms with E-state index < -0.39 is 41.7 Å². The minimum atomic E-state index is -0.784. The number of ether oxygens (including phenoxy) is 5. The summed E-state index contributed by atoms with van der Waals surface area (Å²) in [4.78, 5) is 99.1. The number of nitrogens with zero attached hydrogens (tertiary/aromatic N) is 9. The van der Waals surface area contributed by atoms with Crippen LogP contribution >= 0.6 is 0 Å². The number of primary amides is 1. The summed E-state index contributed by atoms with van der Waals surface area (Å²) in [7, 11) is 1.29. The Balaban J connectivity index is 0.630. The number of rotatable bonds is 34. The molecule has 0 spiro atoms. The number of H-pyrrole nitrogens is 1. The first-order valence-corrected chi connectivity index (χ1v) is 31.0. The second kappa shape index (κ2) is 31.0. The monoisotopic (exact) mass is 1250 g/mol. The third kappa shape index (κ3) is 19.4. The zero-order valence-electron chi connectivity index (χ0n) is 52.5. The maximum atomic E-state index is 14.1. The Hall–Kier alpha value is -9.24. The van der Waals surface area contributed by atoms with Crippen molar-refractivity contribution in [2.24, 2.45) is 28.9 Å². The molecule has 27 nitrogen and oxygen atoms in total. The van der Waals surface area contributed by atoms with Crippen LogP contribution in [0.5, 0.6) is 17.4 Å². The van der Waals surface area contributed by atoms with Crippen LogP contribution in [0.1, 0.15) is 110 Å². The van der Waals surface area contributed by atoms with Crippen molar-refractivity contribution in [3.8, 4) is 28.5 Å². The Bertz CT molecular complexity index is 3420. The van der Waals surface area contributed by atoms with Crippen LogP contribution < -0.4 is 36.5 Å². The summed E-state index contributed by atoms with van der Waals surface area (Å²) in [5, 5.41) is 31.7. The van der Waals surface area contributed by atoms with E-state index in [0.717, 1.165) is 48.2 Å². The molecule has 3 fully saturated rings. The molecule has 5 heterocycles. The number of pyridine rings is 1. The fourth-order valence-corrected chi connectivity index (χ4v) is 10.9. The van der Waals surface area contributed by atoms with Crippen LogP contribution in [0.15, 0.2) is 85.3 Å². The van der Waals surface area contributed by atoms with Gasteiger partial charge in [-0.05, 0) is 130 Å². The Morgan fingerprint density at radius 3 is 2.30 bits per heavy atom. The Kier molecular flexibility index (Phi) is 22.5. The molecule has 2 atom stereocenters. The average Bonchev–Trinajstić information content (AvgIpc) is 2.12. The first-order chi connectivity index (χ1) is 43.8. The largest absolute Gasteiger partial charge is 0.487 e. The number of carbonyl (C=O) groups is 7. The molecule has 91 heavy (non-hydrogen) atoms. The highest BCUT2D eigenvalue weighted by Gasteiger charge is 2.48. The van der Waals surface area contributed by atoms with E-state index in [0.29, 0.717) is 93.2 Å². The lowest BCUT2D eigenvalue weighted by molar-refractivity contribution is -0.143. The molecule has 1 saturated heterocycles. The molecule has 27 heteroatoms. The van der Waals surface area contributed by atoms with Gasteiger partial charge in [0.1, 0.15) is 47.6 Å². The predicted octanol–water partition coefficient (Wildman–Crippen LogP) is 5.74. The first kappa shape index (κ1) is 66.2. The second-order valence-electron chi connectivity index (χ2n) is 24.6. The maximum Gasteiger partial charge on any atom is 0.328 e. The molecule has 3 aliphatic rings. The molecule has 9 rings (SSSR count). The molecule has 7 N–H and O–H groups in total. The number of anilines is 1. The molecule has 2 saturated carbocycles. The minimum absolute atomic E-state index is 0.00603. The quantitative estimate of drug-likeness (QED) is 0.0207. The van der Waals surface area contributed by atoms with Crippen molar-refractivity contribution in [2.45, 2.75) is 124 Å². The summed E-state index contributed by atoms with van der Waals surface area (Å²) < 4.78 is 31.2. The number of benzene rings is 2. The Labute approximate surface area is 528 Å². The highest BCUT2D eigenvalue weighted by molar-refractivity contribution is 6.01. The number of esters is 1. The third-order valence-corrected chi connectivity index (χ3v) is 16.0. The summed E-state index contributed by atoms with van der Waals surface area (Å²) >= 11 is 0. The van der Waals surface area contributed by atoms with E-state index in [1.807, 2.05) is 38.1 Å². The van der Waals surface area contributed by atoms with Crippen LogP contribution in [0.2, 0.25) is 0 Å². The lowest BCUT2D eigenvalue weighted by Gasteiger charge is -2.38. The van der Waals surface area contributed by atoms with Crippen molar-refractivity contribution < 1.29 is 57.2 Å². The molecular weight excluding hydrogens is 1170 g/mol. The number of carbonyl (C=O) groups excluding carboxylic acids is 7. The fraction of sp³-hybridized carbons (Fsp3) is 0.500. The van der Waals surface area contributed by atoms with Gasteiger partial charge in [0, 0.05) is 67.7 Å². The van der Waals surface area contributed by atoms with E-state index in [1.54, 1.807) is 53.6 Å². The number of urea groups is 1. The molecular formula is C64H83N15O12. The summed E-state index contributed by atoms with van der Waals surface area (Å²) in [6.45, 7) is 12.2. The SMILES string of the molecule is COC(=O)[C@H](CCC(C)(C)C)NC(=O)c1ccc(Oc2cccc(OC3CN(C(=O)NCCCOCCOCc4cn(CC(=O)N(CCCn5nccc5C(=O)N[C@H](C(=O)Nc5ccc(-c6c(C)n[nH]c6C)cc5)C(C5CC5)C5CC5)CC(N)=O)nn4)C3)c2)nc1. The molecule has 0 unspecified atom stereocenters. The van der Waals surface area contributed by atoms with Crippen LogP contribution in [-0.2, 0) is 53.1 Å². The normalized spacial score (nSPS) is 14.6. The van der Waals surface area contributed by atoms with Crippen LogP contribution in [0.4, 0.5) is 10.5 Å². The molecule has 2 aromatic carbocycles. The lowest BCUT2D eigenvalue weighted by atomic mass is 9.88. The summed E-state index contributed by atoms with van der Waals surface area (Å²) in [5.74, 6) is -0.776. The molecule has 6 aromatic rings. The molecule has 2 aliphatic carbocycles. The summed E-state index contributed by atoms with van der Waals surface area (Å²) in [5.41, 5.74) is 11.0. The number of hydrogen-bond donors (Lipinski definition) is 6. The summed E-state index contributed by atoms with van der Waals surface area (Å²) in [6, 6.07) is 17.6. The topological polar surface area (TPSA) is 336 Å². The van der Waals surface area contributed by atoms with Gasteiger partial charge in [-0.15, -0.1) is 5.10 Å². The number of likely N-dealkylation sites (tertiary alicyclic amines) is 1. The fourth-order valence-electron chi connectivity index (χ4n) is 10.9. The van der Waals surface area contributed by atoms with Crippen LogP contribution in [0.3, 0.4) is 0 Å². The standard InChI is InChI=1S/C64H83N15O12/c1-40-56(41(2)73-72-40)42-16-19-46(20-17-42)69-61(84)58(57(43-12-13-43)44-14-15-44)71-60(83)52-23-26-68-79(52)28-9-27-76(37-53(65)80)55(81)38-78-34-47(74-75-78)39-89-31-30-88-29-8-25-66-63(86)77-35-50(36-77)90-48-10-7-11-49(32-48)91-54-21-18-45(33-67-54)59(82)70-51(62(85)87-6)22-24-64(3,4)5/h7,10-11,16-21,23,26,32-34,43-44,50-51,57-58H,8-9,12-15,22,24-25,27-31,35-39H2,1-6H3,(H2,65,80)(H,66,86)(H,69,84)(H,70,82)(H,71,83)(H,72,73)/t51-,58-/m0/s1. The molecule has 1 aliphatic heterocycles. The molecule has 0 bridgehead atoms. The van der Waals surface area contributed by atoms with E-state index in [1.165, 1.54) is 33.8 Å². The van der Waals surface area contributed by atoms with Gasteiger partial charge in [-0.1, -0.05) is 44.2 Å². The van der Waals surface area contributed by atoms with Crippen LogP contribution in [0.25, 0.3) is 11.1 Å². The zero-order valence-corrected chi connectivity index (χ0v) is 52.5. The van der Waals surface area contributed by atoms with Gasteiger partial charge in [0.2, 0.25) is 23.6 Å². The van der Waals surface area contributed by atoms with E-state index >= 15 is 0 Å². The van der Waals surface area contributed by atoms with E-state index in [-0.39, 0.29) is 85.9 Å². The molecule has 7 amide bonds. The minimum Gasteiger partial charge on any atom is -0.487 e. The van der Waals surface area contributed by atoms with Gasteiger partial charge in [0.15, 0.2) is 0 Å². The first-order valence-electron chi connectivity index (χ1n) is 31.0. The van der Waals surface area contributed by atoms with Crippen LogP contribution in [0, 0.1) is 37.0 Å². The van der Waals surface area contributed by atoms with Gasteiger partial charge in [-0.2, -0.15) is 10.2 Å². The highest BCUT2D eigenvalue weighted by atomic mass is 16.5. The Morgan fingerprint density at radius 1 is 0.868 bits per heavy atom. The number of aryl methyl sites for hydroxylation is 3. The van der Waals surface area contributed by atoms with E-state index in [2.05, 4.69) is 72.6 Å². The number of nitrogens with one attached hydrogen (secondary N) is 5. The second-order valence-corrected chi connectivity index (χ2v) is 24.6. The van der Waals surface area contributed by atoms with Gasteiger partial charge in [-0.3, -0.25) is 33.8 Å². The van der Waals surface area contributed by atoms with Crippen molar-refractivity contribution in [3.63, 3.8) is 0 Å². The smallest absolute Gasteiger partial charge is 0.328 e. The number of hydrogen-bond acceptors (Lipinski definition) is 17.